The lowest BCUT2D eigenvalue weighted by Crippen LogP contribution is -2.53. The van der Waals surface area contributed by atoms with Crippen molar-refractivity contribution in [3.63, 3.8) is 0 Å². The van der Waals surface area contributed by atoms with Gasteiger partial charge < -0.3 is 9.47 Å². The van der Waals surface area contributed by atoms with Gasteiger partial charge in [0.05, 0.1) is 0 Å². The van der Waals surface area contributed by atoms with Crippen LogP contribution in [-0.4, -0.2) is 22.0 Å². The lowest BCUT2D eigenvalue weighted by atomic mass is 10.2. The van der Waals surface area contributed by atoms with Crippen molar-refractivity contribution in [3.05, 3.63) is 71.8 Å². The van der Waals surface area contributed by atoms with E-state index in [0.29, 0.717) is 11.8 Å². The summed E-state index contributed by atoms with van der Waals surface area (Å²) in [6.07, 6.45) is -0.637. The van der Waals surface area contributed by atoms with Crippen LogP contribution in [-0.2, 0) is 32.3 Å². The minimum Gasteiger partial charge on any atom is -0.458 e. The van der Waals surface area contributed by atoms with Crippen LogP contribution in [0.2, 0.25) is 0 Å². The molecule has 0 saturated heterocycles. The third kappa shape index (κ3) is 6.42. The van der Waals surface area contributed by atoms with Crippen molar-refractivity contribution in [1.29, 1.82) is 0 Å². The van der Waals surface area contributed by atoms with E-state index in [1.165, 1.54) is 6.92 Å². The van der Waals surface area contributed by atoms with Gasteiger partial charge in [-0.05, 0) is 29.3 Å². The van der Waals surface area contributed by atoms with Gasteiger partial charge in [-0.15, -0.1) is 0 Å². The number of esters is 1. The Labute approximate surface area is 168 Å². The second-order valence-electron chi connectivity index (χ2n) is 6.02. The average Bonchev–Trinajstić information content (AvgIpc) is 2.71. The fourth-order valence-corrected chi connectivity index (χ4v) is 3.34. The van der Waals surface area contributed by atoms with Gasteiger partial charge in [0.25, 0.3) is 0 Å². The minimum atomic E-state index is -1.55. The van der Waals surface area contributed by atoms with Gasteiger partial charge in [-0.3, -0.25) is 10.1 Å². The molecule has 0 aliphatic heterocycles. The summed E-state index contributed by atoms with van der Waals surface area (Å²) in [4.78, 5) is 35.2. The van der Waals surface area contributed by atoms with E-state index in [1.54, 1.807) is 6.92 Å². The highest BCUT2D eigenvalue weighted by Gasteiger charge is 2.43. The SMILES string of the molecule is CCC(NC(=O)OCc1ccccc1)(SC(C)=O)C(=O)OCc1ccccc1. The van der Waals surface area contributed by atoms with Gasteiger partial charge in [-0.25, -0.2) is 9.59 Å². The fourth-order valence-electron chi connectivity index (χ4n) is 2.43. The molecule has 0 bridgehead atoms. The van der Waals surface area contributed by atoms with E-state index in [-0.39, 0.29) is 24.7 Å². The molecule has 0 radical (unpaired) electrons. The van der Waals surface area contributed by atoms with Crippen LogP contribution in [0.1, 0.15) is 31.4 Å². The summed E-state index contributed by atoms with van der Waals surface area (Å²) in [6.45, 7) is 3.12. The molecule has 1 atom stereocenters. The van der Waals surface area contributed by atoms with Crippen LogP contribution in [0.3, 0.4) is 0 Å². The van der Waals surface area contributed by atoms with Crippen LogP contribution in [0.5, 0.6) is 0 Å². The van der Waals surface area contributed by atoms with E-state index < -0.39 is 16.9 Å². The number of benzene rings is 2. The molecule has 1 unspecified atom stereocenters. The summed E-state index contributed by atoms with van der Waals surface area (Å²) in [5, 5.41) is 2.21. The van der Waals surface area contributed by atoms with E-state index in [1.807, 2.05) is 60.7 Å². The van der Waals surface area contributed by atoms with E-state index >= 15 is 0 Å². The number of alkyl carbamates (subject to hydrolysis) is 1. The highest BCUT2D eigenvalue weighted by molar-refractivity contribution is 8.15. The maximum atomic E-state index is 12.7. The van der Waals surface area contributed by atoms with Crippen LogP contribution in [0.15, 0.2) is 60.7 Å². The van der Waals surface area contributed by atoms with Gasteiger partial charge in [0.15, 0.2) is 9.99 Å². The first kappa shape index (κ1) is 21.5. The first-order chi connectivity index (χ1) is 13.4. The monoisotopic (exact) mass is 401 g/mol. The number of nitrogens with one attached hydrogen (secondary N) is 1. The predicted molar refractivity (Wildman–Crippen MR) is 107 cm³/mol. The van der Waals surface area contributed by atoms with Crippen molar-refractivity contribution in [2.75, 3.05) is 0 Å². The molecule has 2 aromatic rings. The molecule has 2 rings (SSSR count). The molecule has 1 amide bonds. The van der Waals surface area contributed by atoms with Crippen molar-refractivity contribution in [2.24, 2.45) is 0 Å². The molecule has 28 heavy (non-hydrogen) atoms. The number of ether oxygens (including phenoxy) is 2. The zero-order valence-corrected chi connectivity index (χ0v) is 16.7. The molecule has 7 heteroatoms. The van der Waals surface area contributed by atoms with E-state index in [9.17, 15) is 14.4 Å². The molecule has 0 aliphatic rings. The quantitative estimate of drug-likeness (QED) is 0.531. The van der Waals surface area contributed by atoms with Crippen molar-refractivity contribution >= 4 is 28.9 Å². The van der Waals surface area contributed by atoms with Crippen molar-refractivity contribution < 1.29 is 23.9 Å². The van der Waals surface area contributed by atoms with Crippen LogP contribution in [0.4, 0.5) is 4.79 Å². The second-order valence-corrected chi connectivity index (χ2v) is 7.50. The molecule has 148 valence electrons. The first-order valence-electron chi connectivity index (χ1n) is 8.85. The molecular formula is C21H23NO5S. The number of rotatable bonds is 8. The Bertz CT molecular complexity index is 797. The zero-order chi connectivity index (χ0) is 20.4. The van der Waals surface area contributed by atoms with E-state index in [0.717, 1.165) is 11.1 Å². The van der Waals surface area contributed by atoms with Crippen molar-refractivity contribution in [1.82, 2.24) is 5.32 Å². The molecular weight excluding hydrogens is 378 g/mol. The maximum Gasteiger partial charge on any atom is 0.409 e. The third-order valence-electron chi connectivity index (χ3n) is 3.88. The van der Waals surface area contributed by atoms with Crippen LogP contribution < -0.4 is 5.32 Å². The lowest BCUT2D eigenvalue weighted by Gasteiger charge is -2.29. The lowest BCUT2D eigenvalue weighted by molar-refractivity contribution is -0.149. The average molecular weight is 401 g/mol. The molecule has 0 saturated carbocycles. The number of thioether (sulfide) groups is 1. The number of amides is 1. The third-order valence-corrected chi connectivity index (χ3v) is 5.07. The van der Waals surface area contributed by atoms with E-state index in [2.05, 4.69) is 5.32 Å². The van der Waals surface area contributed by atoms with Gasteiger partial charge in [-0.2, -0.15) is 0 Å². The summed E-state index contributed by atoms with van der Waals surface area (Å²) in [6, 6.07) is 18.3. The van der Waals surface area contributed by atoms with Gasteiger partial charge >= 0.3 is 12.1 Å². The molecule has 0 spiro atoms. The molecule has 6 nitrogen and oxygen atoms in total. The zero-order valence-electron chi connectivity index (χ0n) is 15.8. The van der Waals surface area contributed by atoms with Crippen molar-refractivity contribution in [2.45, 2.75) is 38.4 Å². The molecule has 0 fully saturated rings. The Morgan fingerprint density at radius 3 is 1.86 bits per heavy atom. The summed E-state index contributed by atoms with van der Waals surface area (Å²) in [5.41, 5.74) is 1.62. The van der Waals surface area contributed by atoms with Crippen LogP contribution >= 0.6 is 11.8 Å². The predicted octanol–water partition coefficient (Wildman–Crippen LogP) is 4.04. The number of carbonyl (C=O) groups is 3. The van der Waals surface area contributed by atoms with Gasteiger partial charge in [-0.1, -0.05) is 67.6 Å². The molecule has 0 heterocycles. The molecule has 0 aromatic heterocycles. The van der Waals surface area contributed by atoms with Crippen molar-refractivity contribution in [3.8, 4) is 0 Å². The smallest absolute Gasteiger partial charge is 0.409 e. The summed E-state index contributed by atoms with van der Waals surface area (Å²) in [7, 11) is 0. The maximum absolute atomic E-state index is 12.7. The number of hydrogen-bond acceptors (Lipinski definition) is 6. The second kappa shape index (κ2) is 10.5. The van der Waals surface area contributed by atoms with E-state index in [4.69, 9.17) is 9.47 Å². The molecule has 0 aliphatic carbocycles. The van der Waals surface area contributed by atoms with Gasteiger partial charge in [0.2, 0.25) is 0 Å². The summed E-state index contributed by atoms with van der Waals surface area (Å²) < 4.78 is 10.6. The van der Waals surface area contributed by atoms with Crippen LogP contribution in [0.25, 0.3) is 0 Å². The Hall–Kier alpha value is -2.80. The Balaban J connectivity index is 2.04. The topological polar surface area (TPSA) is 81.7 Å². The highest BCUT2D eigenvalue weighted by atomic mass is 32.2. The normalized spacial score (nSPS) is 12.5. The summed E-state index contributed by atoms with van der Waals surface area (Å²) in [5.74, 6) is -0.698. The first-order valence-corrected chi connectivity index (χ1v) is 9.66. The van der Waals surface area contributed by atoms with Gasteiger partial charge in [0, 0.05) is 6.92 Å². The minimum absolute atomic E-state index is 0.0423. The Kier molecular flexibility index (Phi) is 8.07. The fraction of sp³-hybridized carbons (Fsp3) is 0.286. The highest BCUT2D eigenvalue weighted by Crippen LogP contribution is 2.29. The number of carbonyl (C=O) groups excluding carboxylic acids is 3. The molecule has 1 N–H and O–H groups in total. The van der Waals surface area contributed by atoms with Gasteiger partial charge in [0.1, 0.15) is 13.2 Å². The number of hydrogen-bond donors (Lipinski definition) is 1. The standard InChI is InChI=1S/C21H23NO5S/c1-3-21(28-16(2)23,19(24)26-14-17-10-6-4-7-11-17)22-20(25)27-15-18-12-8-5-9-13-18/h4-13H,3,14-15H2,1-2H3,(H,22,25). The Morgan fingerprint density at radius 2 is 1.39 bits per heavy atom. The summed E-state index contributed by atoms with van der Waals surface area (Å²) >= 11 is 0.715. The Morgan fingerprint density at radius 1 is 0.893 bits per heavy atom. The van der Waals surface area contributed by atoms with Crippen LogP contribution in [0, 0.1) is 0 Å². The molecule has 2 aromatic carbocycles. The largest absolute Gasteiger partial charge is 0.458 e.